The van der Waals surface area contributed by atoms with E-state index in [2.05, 4.69) is 15.9 Å². The van der Waals surface area contributed by atoms with Crippen LogP contribution < -0.4 is 0 Å². The molecule has 2 rings (SSSR count). The highest BCUT2D eigenvalue weighted by atomic mass is 79.9. The molecule has 4 heteroatoms. The minimum absolute atomic E-state index is 0.267. The number of ether oxygens (including phenoxy) is 1. The van der Waals surface area contributed by atoms with Crippen LogP contribution in [0.5, 0.6) is 0 Å². The highest BCUT2D eigenvalue weighted by Crippen LogP contribution is 2.29. The average Bonchev–Trinajstić information content (AvgIpc) is 2.49. The van der Waals surface area contributed by atoms with Gasteiger partial charge in [-0.3, -0.25) is 0 Å². The van der Waals surface area contributed by atoms with Gasteiger partial charge in [-0.05, 0) is 43.0 Å². The van der Waals surface area contributed by atoms with Crippen molar-refractivity contribution in [1.82, 2.24) is 0 Å². The lowest BCUT2D eigenvalue weighted by atomic mass is 9.88. The average molecular weight is 303 g/mol. The lowest BCUT2D eigenvalue weighted by Crippen LogP contribution is -2.31. The summed E-state index contributed by atoms with van der Waals surface area (Å²) in [4.78, 5) is 0. The molecule has 0 amide bonds. The summed E-state index contributed by atoms with van der Waals surface area (Å²) in [5.41, 5.74) is 0.0432. The second-order valence-corrected chi connectivity index (χ2v) is 5.46. The molecule has 1 aliphatic rings. The number of benzene rings is 1. The van der Waals surface area contributed by atoms with Gasteiger partial charge >= 0.3 is 0 Å². The molecule has 1 atom stereocenters. The van der Waals surface area contributed by atoms with E-state index in [9.17, 15) is 9.50 Å². The van der Waals surface area contributed by atoms with Crippen LogP contribution in [-0.2, 0) is 11.2 Å². The zero-order valence-electron chi connectivity index (χ0n) is 9.59. The van der Waals surface area contributed by atoms with Crippen LogP contribution in [0.2, 0.25) is 0 Å². The molecule has 0 aromatic heterocycles. The lowest BCUT2D eigenvalue weighted by Gasteiger charge is -2.26. The van der Waals surface area contributed by atoms with Crippen molar-refractivity contribution < 1.29 is 14.2 Å². The summed E-state index contributed by atoms with van der Waals surface area (Å²) < 4.78 is 19.4. The van der Waals surface area contributed by atoms with E-state index in [1.165, 1.54) is 12.1 Å². The smallest absolute Gasteiger partial charge is 0.123 e. The monoisotopic (exact) mass is 302 g/mol. The van der Waals surface area contributed by atoms with Crippen LogP contribution in [0.4, 0.5) is 4.39 Å². The van der Waals surface area contributed by atoms with Crippen molar-refractivity contribution in [2.45, 2.75) is 31.3 Å². The standard InChI is InChI=1S/C13H16BrFO2/c14-12-3-2-11(15)8-10(12)9-13(16)4-1-6-17-7-5-13/h2-3,8,16H,1,4-7,9H2. The second kappa shape index (κ2) is 5.46. The lowest BCUT2D eigenvalue weighted by molar-refractivity contribution is 0.0187. The van der Waals surface area contributed by atoms with Crippen LogP contribution in [0.1, 0.15) is 24.8 Å². The molecule has 1 heterocycles. The van der Waals surface area contributed by atoms with Crippen LogP contribution in [0.3, 0.4) is 0 Å². The van der Waals surface area contributed by atoms with Crippen molar-refractivity contribution in [2.24, 2.45) is 0 Å². The van der Waals surface area contributed by atoms with Gasteiger partial charge in [-0.25, -0.2) is 4.39 Å². The van der Waals surface area contributed by atoms with Crippen molar-refractivity contribution >= 4 is 15.9 Å². The van der Waals surface area contributed by atoms with Crippen molar-refractivity contribution in [3.63, 3.8) is 0 Å². The van der Waals surface area contributed by atoms with E-state index < -0.39 is 5.60 Å². The van der Waals surface area contributed by atoms with Crippen LogP contribution in [-0.4, -0.2) is 23.9 Å². The normalized spacial score (nSPS) is 25.6. The van der Waals surface area contributed by atoms with Gasteiger partial charge in [0.15, 0.2) is 0 Å². The summed E-state index contributed by atoms with van der Waals surface area (Å²) in [5.74, 6) is -0.267. The molecule has 1 saturated heterocycles. The van der Waals surface area contributed by atoms with Crippen LogP contribution in [0.25, 0.3) is 0 Å². The van der Waals surface area contributed by atoms with Crippen molar-refractivity contribution in [2.75, 3.05) is 13.2 Å². The molecule has 0 bridgehead atoms. The largest absolute Gasteiger partial charge is 0.389 e. The predicted molar refractivity (Wildman–Crippen MR) is 67.4 cm³/mol. The third kappa shape index (κ3) is 3.50. The fraction of sp³-hybridized carbons (Fsp3) is 0.538. The first-order chi connectivity index (χ1) is 8.09. The molecule has 0 aliphatic carbocycles. The minimum atomic E-state index is -0.771. The Hall–Kier alpha value is -0.450. The molecule has 2 nitrogen and oxygen atoms in total. The molecular formula is C13H16BrFO2. The van der Waals surface area contributed by atoms with Gasteiger partial charge in [0.1, 0.15) is 5.82 Å². The Balaban J connectivity index is 2.15. The fourth-order valence-corrected chi connectivity index (χ4v) is 2.59. The van der Waals surface area contributed by atoms with E-state index in [1.54, 1.807) is 6.07 Å². The van der Waals surface area contributed by atoms with Crippen molar-refractivity contribution in [1.29, 1.82) is 0 Å². The van der Waals surface area contributed by atoms with E-state index in [-0.39, 0.29) is 5.82 Å². The Bertz CT molecular complexity index is 387. The maximum Gasteiger partial charge on any atom is 0.123 e. The van der Waals surface area contributed by atoms with Gasteiger partial charge in [0, 0.05) is 24.1 Å². The Morgan fingerprint density at radius 1 is 1.35 bits per heavy atom. The van der Waals surface area contributed by atoms with Crippen molar-refractivity contribution in [3.8, 4) is 0 Å². The highest BCUT2D eigenvalue weighted by molar-refractivity contribution is 9.10. The molecule has 1 fully saturated rings. The summed E-state index contributed by atoms with van der Waals surface area (Å²) in [7, 11) is 0. The summed E-state index contributed by atoms with van der Waals surface area (Å²) in [6.07, 6.45) is 2.63. The summed E-state index contributed by atoms with van der Waals surface area (Å²) in [5, 5.41) is 10.5. The first-order valence-electron chi connectivity index (χ1n) is 5.83. The molecule has 1 aromatic carbocycles. The van der Waals surface area contributed by atoms with Gasteiger partial charge in [0.05, 0.1) is 5.60 Å². The molecule has 1 unspecified atom stereocenters. The van der Waals surface area contributed by atoms with Crippen LogP contribution >= 0.6 is 15.9 Å². The van der Waals surface area contributed by atoms with Gasteiger partial charge < -0.3 is 9.84 Å². The van der Waals surface area contributed by atoms with Gasteiger partial charge in [0.25, 0.3) is 0 Å². The number of rotatable bonds is 2. The first-order valence-corrected chi connectivity index (χ1v) is 6.62. The molecular weight excluding hydrogens is 287 g/mol. The topological polar surface area (TPSA) is 29.5 Å². The zero-order valence-corrected chi connectivity index (χ0v) is 11.2. The van der Waals surface area contributed by atoms with Gasteiger partial charge in [-0.15, -0.1) is 0 Å². The maximum atomic E-state index is 13.2. The van der Waals surface area contributed by atoms with E-state index in [1.807, 2.05) is 0 Å². The quantitative estimate of drug-likeness (QED) is 0.910. The summed E-state index contributed by atoms with van der Waals surface area (Å²) >= 11 is 3.39. The van der Waals surface area contributed by atoms with E-state index in [0.29, 0.717) is 32.5 Å². The molecule has 17 heavy (non-hydrogen) atoms. The van der Waals surface area contributed by atoms with Crippen LogP contribution in [0.15, 0.2) is 22.7 Å². The SMILES string of the molecule is OC1(Cc2cc(F)ccc2Br)CCCOCC1. The number of halogens is 2. The van der Waals surface area contributed by atoms with Crippen LogP contribution in [0, 0.1) is 5.82 Å². The molecule has 0 radical (unpaired) electrons. The molecule has 1 aliphatic heterocycles. The molecule has 1 aromatic rings. The summed E-state index contributed by atoms with van der Waals surface area (Å²) in [6, 6.07) is 4.57. The van der Waals surface area contributed by atoms with Gasteiger partial charge in [-0.2, -0.15) is 0 Å². The van der Waals surface area contributed by atoms with E-state index >= 15 is 0 Å². The zero-order chi connectivity index (χ0) is 12.3. The third-order valence-corrected chi connectivity index (χ3v) is 3.94. The Morgan fingerprint density at radius 2 is 2.18 bits per heavy atom. The fourth-order valence-electron chi connectivity index (χ4n) is 2.20. The number of hydrogen-bond acceptors (Lipinski definition) is 2. The predicted octanol–water partition coefficient (Wildman–Crippen LogP) is 3.06. The number of aliphatic hydroxyl groups is 1. The van der Waals surface area contributed by atoms with E-state index in [0.717, 1.165) is 16.5 Å². The third-order valence-electron chi connectivity index (χ3n) is 3.17. The van der Waals surface area contributed by atoms with E-state index in [4.69, 9.17) is 4.74 Å². The Kier molecular flexibility index (Phi) is 4.17. The first kappa shape index (κ1) is 13.0. The Labute approximate surface area is 109 Å². The molecule has 0 spiro atoms. The summed E-state index contributed by atoms with van der Waals surface area (Å²) in [6.45, 7) is 1.27. The highest BCUT2D eigenvalue weighted by Gasteiger charge is 2.29. The number of hydrogen-bond donors (Lipinski definition) is 1. The maximum absolute atomic E-state index is 13.2. The molecule has 94 valence electrons. The second-order valence-electron chi connectivity index (χ2n) is 4.60. The Morgan fingerprint density at radius 3 is 3.00 bits per heavy atom. The van der Waals surface area contributed by atoms with Crippen molar-refractivity contribution in [3.05, 3.63) is 34.1 Å². The molecule has 0 saturated carbocycles. The van der Waals surface area contributed by atoms with Gasteiger partial charge in [0.2, 0.25) is 0 Å². The van der Waals surface area contributed by atoms with Gasteiger partial charge in [-0.1, -0.05) is 15.9 Å². The minimum Gasteiger partial charge on any atom is -0.389 e. The molecule has 1 N–H and O–H groups in total.